The molecule has 0 amide bonds. The van der Waals surface area contributed by atoms with Crippen molar-refractivity contribution in [3.63, 3.8) is 0 Å². The summed E-state index contributed by atoms with van der Waals surface area (Å²) in [5.41, 5.74) is -0.367. The van der Waals surface area contributed by atoms with Crippen molar-refractivity contribution in [1.29, 1.82) is 10.5 Å². The lowest BCUT2D eigenvalue weighted by molar-refractivity contribution is 0.602. The van der Waals surface area contributed by atoms with E-state index in [0.717, 1.165) is 6.08 Å². The van der Waals surface area contributed by atoms with E-state index in [9.17, 15) is 9.59 Å². The minimum absolute atomic E-state index is 0.00404. The maximum atomic E-state index is 12.7. The molecule has 0 aliphatic carbocycles. The number of nitriles is 2. The van der Waals surface area contributed by atoms with Crippen LogP contribution in [0.3, 0.4) is 0 Å². The fourth-order valence-electron chi connectivity index (χ4n) is 2.68. The third kappa shape index (κ3) is 2.18. The molecule has 1 aromatic carbocycles. The Balaban J connectivity index is 2.53. The van der Waals surface area contributed by atoms with E-state index >= 15 is 0 Å². The van der Waals surface area contributed by atoms with Crippen LogP contribution in [0.1, 0.15) is 12.5 Å². The number of nitrogens with zero attached hydrogens (tertiary/aromatic N) is 3. The van der Waals surface area contributed by atoms with Crippen molar-refractivity contribution < 1.29 is 4.42 Å². The Morgan fingerprint density at radius 1 is 1.25 bits per heavy atom. The van der Waals surface area contributed by atoms with Gasteiger partial charge in [0.25, 0.3) is 5.56 Å². The van der Waals surface area contributed by atoms with Crippen LogP contribution in [0.15, 0.2) is 50.1 Å². The van der Waals surface area contributed by atoms with E-state index in [0.29, 0.717) is 17.4 Å². The molecule has 2 heterocycles. The molecular formula is C18H11N3O3. The van der Waals surface area contributed by atoms with Gasteiger partial charge in [0.05, 0.1) is 11.1 Å². The van der Waals surface area contributed by atoms with Crippen LogP contribution in [-0.2, 0) is 6.54 Å². The largest absolute Gasteiger partial charge is 0.463 e. The quantitative estimate of drug-likeness (QED) is 0.534. The summed E-state index contributed by atoms with van der Waals surface area (Å²) in [6, 6.07) is 10.5. The van der Waals surface area contributed by atoms with Crippen molar-refractivity contribution in [1.82, 2.24) is 4.57 Å². The van der Waals surface area contributed by atoms with Crippen molar-refractivity contribution in [2.45, 2.75) is 13.5 Å². The van der Waals surface area contributed by atoms with Gasteiger partial charge in [0.15, 0.2) is 5.58 Å². The highest BCUT2D eigenvalue weighted by Gasteiger charge is 2.16. The minimum Gasteiger partial charge on any atom is -0.463 e. The van der Waals surface area contributed by atoms with Crippen molar-refractivity contribution in [3.8, 4) is 12.1 Å². The van der Waals surface area contributed by atoms with Gasteiger partial charge in [-0.15, -0.1) is 0 Å². The summed E-state index contributed by atoms with van der Waals surface area (Å²) < 4.78 is 7.03. The first-order valence-corrected chi connectivity index (χ1v) is 7.21. The normalized spacial score (nSPS) is 10.3. The smallest absolute Gasteiger partial charge is 0.266 e. The summed E-state index contributed by atoms with van der Waals surface area (Å²) in [4.78, 5) is 25.4. The van der Waals surface area contributed by atoms with Crippen LogP contribution in [0.25, 0.3) is 27.9 Å². The fraction of sp³-hybridized carbons (Fsp3) is 0.111. The molecule has 116 valence electrons. The maximum absolute atomic E-state index is 12.7. The monoisotopic (exact) mass is 317 g/mol. The molecule has 0 N–H and O–H groups in total. The van der Waals surface area contributed by atoms with E-state index < -0.39 is 11.0 Å². The molecule has 0 saturated carbocycles. The predicted octanol–water partition coefficient (Wildman–Crippen LogP) is 2.56. The highest BCUT2D eigenvalue weighted by atomic mass is 16.3. The van der Waals surface area contributed by atoms with E-state index in [1.54, 1.807) is 36.4 Å². The molecule has 6 nitrogen and oxygen atoms in total. The van der Waals surface area contributed by atoms with Crippen LogP contribution >= 0.6 is 0 Å². The van der Waals surface area contributed by atoms with Crippen LogP contribution in [0.4, 0.5) is 0 Å². The lowest BCUT2D eigenvalue weighted by atomic mass is 10.1. The van der Waals surface area contributed by atoms with Gasteiger partial charge >= 0.3 is 0 Å². The summed E-state index contributed by atoms with van der Waals surface area (Å²) in [5, 5.41) is 18.2. The van der Waals surface area contributed by atoms with Gasteiger partial charge in [0.1, 0.15) is 29.4 Å². The zero-order valence-corrected chi connectivity index (χ0v) is 12.7. The third-order valence-electron chi connectivity index (χ3n) is 3.78. The van der Waals surface area contributed by atoms with E-state index in [1.807, 2.05) is 6.92 Å². The second kappa shape index (κ2) is 5.86. The van der Waals surface area contributed by atoms with Gasteiger partial charge in [-0.1, -0.05) is 12.1 Å². The standard InChI is InChI=1S/C18H11N3O3/c1-2-21-14-6-4-3-5-13(14)17-15(18(21)23)16(22)12(10-24-17)7-11(8-19)9-20/h3-7,10H,2H2,1H3. The highest BCUT2D eigenvalue weighted by Crippen LogP contribution is 2.21. The Bertz CT molecular complexity index is 1180. The Kier molecular flexibility index (Phi) is 3.73. The third-order valence-corrected chi connectivity index (χ3v) is 3.78. The van der Waals surface area contributed by atoms with Gasteiger partial charge in [-0.25, -0.2) is 0 Å². The van der Waals surface area contributed by atoms with E-state index in [1.165, 1.54) is 10.8 Å². The van der Waals surface area contributed by atoms with Crippen molar-refractivity contribution in [2.75, 3.05) is 0 Å². The Hall–Kier alpha value is -3.64. The van der Waals surface area contributed by atoms with Gasteiger partial charge < -0.3 is 8.98 Å². The summed E-state index contributed by atoms with van der Waals surface area (Å²) in [6.07, 6.45) is 2.29. The fourth-order valence-corrected chi connectivity index (χ4v) is 2.68. The van der Waals surface area contributed by atoms with Crippen LogP contribution in [0, 0.1) is 22.7 Å². The first kappa shape index (κ1) is 15.3. The van der Waals surface area contributed by atoms with Gasteiger partial charge in [-0.2, -0.15) is 10.5 Å². The topological polar surface area (TPSA) is 99.8 Å². The van der Waals surface area contributed by atoms with Crippen molar-refractivity contribution >= 4 is 27.9 Å². The molecule has 0 atom stereocenters. The number of aryl methyl sites for hydroxylation is 1. The lowest BCUT2D eigenvalue weighted by Gasteiger charge is -2.10. The summed E-state index contributed by atoms with van der Waals surface area (Å²) in [7, 11) is 0. The molecule has 0 fully saturated rings. The van der Waals surface area contributed by atoms with Crippen molar-refractivity contribution in [3.05, 3.63) is 62.2 Å². The molecule has 0 unspecified atom stereocenters. The molecular weight excluding hydrogens is 306 g/mol. The average molecular weight is 317 g/mol. The molecule has 0 spiro atoms. The van der Waals surface area contributed by atoms with E-state index in [4.69, 9.17) is 14.9 Å². The van der Waals surface area contributed by atoms with Crippen LogP contribution in [0.2, 0.25) is 0 Å². The second-order valence-corrected chi connectivity index (χ2v) is 5.07. The Morgan fingerprint density at radius 2 is 1.96 bits per heavy atom. The Morgan fingerprint density at radius 3 is 2.62 bits per heavy atom. The molecule has 0 bridgehead atoms. The predicted molar refractivity (Wildman–Crippen MR) is 89.1 cm³/mol. The summed E-state index contributed by atoms with van der Waals surface area (Å²) >= 11 is 0. The van der Waals surface area contributed by atoms with E-state index in [2.05, 4.69) is 0 Å². The molecule has 2 aromatic heterocycles. The number of pyridine rings is 1. The molecule has 6 heteroatoms. The molecule has 0 aliphatic rings. The SMILES string of the molecule is CCn1c(=O)c2c(=O)c(C=C(C#N)C#N)coc2c2ccccc21. The summed E-state index contributed by atoms with van der Waals surface area (Å²) in [5.74, 6) is 0. The number of para-hydroxylation sites is 1. The molecule has 3 rings (SSSR count). The zero-order valence-electron chi connectivity index (χ0n) is 12.7. The number of hydrogen-bond acceptors (Lipinski definition) is 5. The molecule has 24 heavy (non-hydrogen) atoms. The number of fused-ring (bicyclic) bond motifs is 3. The van der Waals surface area contributed by atoms with Crippen LogP contribution in [-0.4, -0.2) is 4.57 Å². The molecule has 3 aromatic rings. The average Bonchev–Trinajstić information content (AvgIpc) is 2.61. The number of aromatic nitrogens is 1. The molecule has 0 aliphatic heterocycles. The number of hydrogen-bond donors (Lipinski definition) is 0. The zero-order chi connectivity index (χ0) is 17.3. The van der Waals surface area contributed by atoms with E-state index in [-0.39, 0.29) is 22.1 Å². The molecule has 0 saturated heterocycles. The van der Waals surface area contributed by atoms with Gasteiger partial charge in [0, 0.05) is 11.9 Å². The Labute approximate surface area is 136 Å². The maximum Gasteiger partial charge on any atom is 0.266 e. The van der Waals surface area contributed by atoms with Gasteiger partial charge in [0.2, 0.25) is 5.43 Å². The number of rotatable bonds is 2. The van der Waals surface area contributed by atoms with Crippen LogP contribution < -0.4 is 11.0 Å². The second-order valence-electron chi connectivity index (χ2n) is 5.07. The van der Waals surface area contributed by atoms with Gasteiger partial charge in [-0.3, -0.25) is 9.59 Å². The first-order valence-electron chi connectivity index (χ1n) is 7.21. The first-order chi connectivity index (χ1) is 11.6. The lowest BCUT2D eigenvalue weighted by Crippen LogP contribution is -2.25. The number of allylic oxidation sites excluding steroid dienone is 1. The number of benzene rings is 1. The van der Waals surface area contributed by atoms with Gasteiger partial charge in [-0.05, 0) is 25.1 Å². The summed E-state index contributed by atoms with van der Waals surface area (Å²) in [6.45, 7) is 2.21. The minimum atomic E-state index is -0.558. The van der Waals surface area contributed by atoms with Crippen LogP contribution in [0.5, 0.6) is 0 Å². The van der Waals surface area contributed by atoms with Crippen molar-refractivity contribution in [2.24, 2.45) is 0 Å². The highest BCUT2D eigenvalue weighted by molar-refractivity contribution is 6.02. The molecule has 0 radical (unpaired) electrons.